The lowest BCUT2D eigenvalue weighted by Gasteiger charge is -2.32. The van der Waals surface area contributed by atoms with Crippen molar-refractivity contribution in [2.24, 2.45) is 5.41 Å². The van der Waals surface area contributed by atoms with Crippen LogP contribution in [0.1, 0.15) is 232 Å². The van der Waals surface area contributed by atoms with Crippen molar-refractivity contribution in [2.45, 2.75) is 232 Å². The van der Waals surface area contributed by atoms with Crippen LogP contribution in [0.3, 0.4) is 0 Å². The van der Waals surface area contributed by atoms with Crippen molar-refractivity contribution in [1.29, 1.82) is 0 Å². The second-order valence-corrected chi connectivity index (χ2v) is 28.4. The first-order chi connectivity index (χ1) is 56.8. The summed E-state index contributed by atoms with van der Waals surface area (Å²) in [7, 11) is 0. The lowest BCUT2D eigenvalue weighted by molar-refractivity contribution is -0.197. The van der Waals surface area contributed by atoms with E-state index in [9.17, 15) is 71.9 Å². The molecule has 3 heterocycles. The summed E-state index contributed by atoms with van der Waals surface area (Å²) in [5.74, 6) is -5.35. The highest BCUT2D eigenvalue weighted by Crippen LogP contribution is 2.25. The maximum atomic E-state index is 12.8. The highest BCUT2D eigenvalue weighted by molar-refractivity contribution is 6.03. The minimum absolute atomic E-state index is 0.0181. The van der Waals surface area contributed by atoms with Crippen LogP contribution in [0.2, 0.25) is 0 Å². The number of imide groups is 3. The van der Waals surface area contributed by atoms with E-state index in [2.05, 4.69) is 21.3 Å². The van der Waals surface area contributed by atoms with Gasteiger partial charge in [0.15, 0.2) is 0 Å². The van der Waals surface area contributed by atoms with Crippen LogP contribution < -0.4 is 21.3 Å². The summed E-state index contributed by atoms with van der Waals surface area (Å²) >= 11 is 0. The standard InChI is InChI=1S/C80H133N7O30/c1-2-80(62-112-43-31-65(88)20-18-41-103-50-56-109-58-52-105-45-33-67(90)81-37-15-9-3-6-12-22-77(100)115-85-71(94)25-26-72(85)95,63-113-44-32-66(89)21-19-42-104-51-57-110-59-53-106-46-34-68(91)82-38-16-10-4-7-13-23-78(101)116-86-73(96)27-28-74(86)97)64-114-48-36-70(93)84-40-49-108-55-61-111-60-54-107-47-35-69(92)83-39-17-11-5-8-14-24-79(102)117-87-75(98)29-30-76(87)99/h2-64H2,1H3,(H,81,90)(H,82,91)(H,83,92)(H,84,93). The number of hydrogen-bond donors (Lipinski definition) is 4. The number of ketones is 2. The van der Waals surface area contributed by atoms with E-state index in [0.29, 0.717) is 179 Å². The molecular weight excluding hydrogens is 1540 g/mol. The molecule has 3 rings (SSSR count). The number of hydrogen-bond acceptors (Lipinski definition) is 30. The third-order valence-corrected chi connectivity index (χ3v) is 18.4. The van der Waals surface area contributed by atoms with Gasteiger partial charge in [0.05, 0.1) is 145 Å². The van der Waals surface area contributed by atoms with E-state index >= 15 is 0 Å². The minimum atomic E-state index is -0.647. The Morgan fingerprint density at radius 1 is 0.248 bits per heavy atom. The number of carbonyl (C=O) groups is 15. The normalized spacial score (nSPS) is 13.6. The van der Waals surface area contributed by atoms with Crippen molar-refractivity contribution in [2.75, 3.05) is 185 Å². The molecule has 0 spiro atoms. The van der Waals surface area contributed by atoms with Gasteiger partial charge in [-0.1, -0.05) is 64.7 Å². The van der Waals surface area contributed by atoms with Crippen molar-refractivity contribution in [1.82, 2.24) is 36.5 Å². The number of rotatable bonds is 81. The van der Waals surface area contributed by atoms with Crippen molar-refractivity contribution in [3.63, 3.8) is 0 Å². The molecule has 3 aliphatic heterocycles. The largest absolute Gasteiger partial charge is 0.380 e. The number of hydroxylamine groups is 6. The van der Waals surface area contributed by atoms with Crippen LogP contribution in [0.25, 0.3) is 0 Å². The van der Waals surface area contributed by atoms with Gasteiger partial charge < -0.3 is 92.6 Å². The lowest BCUT2D eigenvalue weighted by Crippen LogP contribution is -2.38. The first kappa shape index (κ1) is 104. The summed E-state index contributed by atoms with van der Waals surface area (Å²) in [6.45, 7) is 10.5. The molecule has 0 aliphatic carbocycles. The fourth-order valence-corrected chi connectivity index (χ4v) is 11.4. The first-order valence-corrected chi connectivity index (χ1v) is 42.0. The van der Waals surface area contributed by atoms with E-state index in [0.717, 1.165) is 77.0 Å². The molecule has 0 aromatic heterocycles. The zero-order chi connectivity index (χ0) is 84.9. The topological polar surface area (TPSA) is 452 Å². The molecule has 0 bridgehead atoms. The van der Waals surface area contributed by atoms with Crippen molar-refractivity contribution < 1.29 is 143 Å². The van der Waals surface area contributed by atoms with E-state index in [1.165, 1.54) is 0 Å². The number of unbranched alkanes of at least 4 members (excludes halogenated alkanes) is 12. The van der Waals surface area contributed by atoms with Crippen molar-refractivity contribution in [3.05, 3.63) is 0 Å². The van der Waals surface area contributed by atoms with Gasteiger partial charge in [0.1, 0.15) is 11.6 Å². The quantitative estimate of drug-likeness (QED) is 0.0463. The second kappa shape index (κ2) is 69.4. The predicted octanol–water partition coefficient (Wildman–Crippen LogP) is 4.93. The summed E-state index contributed by atoms with van der Waals surface area (Å²) in [4.78, 5) is 195. The van der Waals surface area contributed by atoms with Crippen LogP contribution in [-0.2, 0) is 143 Å². The summed E-state index contributed by atoms with van der Waals surface area (Å²) in [5.41, 5.74) is -0.647. The molecule has 0 unspecified atom stereocenters. The minimum Gasteiger partial charge on any atom is -0.380 e. The molecule has 37 heteroatoms. The first-order valence-electron chi connectivity index (χ1n) is 42.0. The van der Waals surface area contributed by atoms with Gasteiger partial charge in [-0.05, 0) is 57.8 Å². The maximum absolute atomic E-state index is 12.8. The average Bonchev–Trinajstić information content (AvgIpc) is 1.75. The molecule has 10 amide bonds. The highest BCUT2D eigenvalue weighted by atomic mass is 16.7. The van der Waals surface area contributed by atoms with E-state index in [-0.39, 0.29) is 204 Å². The molecule has 117 heavy (non-hydrogen) atoms. The monoisotopic (exact) mass is 1670 g/mol. The Morgan fingerprint density at radius 2 is 0.479 bits per heavy atom. The van der Waals surface area contributed by atoms with Gasteiger partial charge in [-0.3, -0.25) is 57.5 Å². The molecule has 0 saturated carbocycles. The molecule has 0 aromatic carbocycles. The van der Waals surface area contributed by atoms with E-state index in [1.807, 2.05) is 6.92 Å². The zero-order valence-corrected chi connectivity index (χ0v) is 69.1. The number of nitrogens with zero attached hydrogens (tertiary/aromatic N) is 3. The van der Waals surface area contributed by atoms with Gasteiger partial charge in [0.25, 0.3) is 35.4 Å². The predicted molar refractivity (Wildman–Crippen MR) is 415 cm³/mol. The molecule has 3 saturated heterocycles. The van der Waals surface area contributed by atoms with Gasteiger partial charge in [-0.15, -0.1) is 15.2 Å². The van der Waals surface area contributed by atoms with Gasteiger partial charge in [0.2, 0.25) is 23.6 Å². The molecule has 0 atom stereocenters. The Balaban J connectivity index is 1.20. The third-order valence-electron chi connectivity index (χ3n) is 18.4. The number of ether oxygens (including phenoxy) is 12. The van der Waals surface area contributed by atoms with E-state index in [4.69, 9.17) is 71.4 Å². The summed E-state index contributed by atoms with van der Waals surface area (Å²) in [5, 5.41) is 13.1. The van der Waals surface area contributed by atoms with Crippen LogP contribution in [-0.4, -0.2) is 288 Å². The van der Waals surface area contributed by atoms with Gasteiger partial charge >= 0.3 is 17.9 Å². The summed E-state index contributed by atoms with van der Waals surface area (Å²) < 4.78 is 68.3. The fourth-order valence-electron chi connectivity index (χ4n) is 11.4. The number of carbonyl (C=O) groups excluding carboxylic acids is 15. The molecule has 3 aliphatic rings. The maximum Gasteiger partial charge on any atom is 0.333 e. The number of amides is 10. The average molecular weight is 1670 g/mol. The number of Topliss-reactive ketones (excluding diaryl/α,β-unsaturated/α-hetero) is 2. The summed E-state index contributed by atoms with van der Waals surface area (Å²) in [6.07, 6.45) is 15.6. The SMILES string of the molecule is CCC(COCCC(=O)CCCOCCOCCOCCC(=O)NCCCCCCCC(=O)ON1C(=O)CCC1=O)(COCCC(=O)CCCOCCOCCOCCC(=O)NCCCCCCCC(=O)ON1C(=O)CCC1=O)COCCC(=O)NCCOCCOCCOCCC(=O)NCCCCCCCC(=O)ON1C(=O)CCC1=O. The second-order valence-electron chi connectivity index (χ2n) is 28.4. The molecule has 4 N–H and O–H groups in total. The number of nitrogens with one attached hydrogen (secondary N) is 4. The molecule has 0 aromatic rings. The zero-order valence-electron chi connectivity index (χ0n) is 69.1. The Hall–Kier alpha value is -7.43. The molecule has 668 valence electrons. The Morgan fingerprint density at radius 3 is 0.769 bits per heavy atom. The molecule has 37 nitrogen and oxygen atoms in total. The summed E-state index contributed by atoms with van der Waals surface area (Å²) in [6, 6.07) is 0. The third kappa shape index (κ3) is 55.9. The highest BCUT2D eigenvalue weighted by Gasteiger charge is 2.36. The smallest absolute Gasteiger partial charge is 0.333 e. The van der Waals surface area contributed by atoms with Gasteiger partial charge in [0, 0.05) is 154 Å². The Labute approximate surface area is 687 Å². The van der Waals surface area contributed by atoms with Crippen LogP contribution >= 0.6 is 0 Å². The van der Waals surface area contributed by atoms with Crippen LogP contribution in [0, 0.1) is 5.41 Å². The molecule has 0 radical (unpaired) electrons. The van der Waals surface area contributed by atoms with Crippen LogP contribution in [0.5, 0.6) is 0 Å². The van der Waals surface area contributed by atoms with Gasteiger partial charge in [-0.2, -0.15) is 0 Å². The van der Waals surface area contributed by atoms with Crippen LogP contribution in [0.4, 0.5) is 0 Å². The van der Waals surface area contributed by atoms with Gasteiger partial charge in [-0.25, -0.2) is 14.4 Å². The van der Waals surface area contributed by atoms with Crippen molar-refractivity contribution in [3.8, 4) is 0 Å². The molecular formula is C80H133N7O30. The molecule has 3 fully saturated rings. The van der Waals surface area contributed by atoms with E-state index < -0.39 is 58.8 Å². The fraction of sp³-hybridized carbons (Fsp3) is 0.812. The van der Waals surface area contributed by atoms with Crippen LogP contribution in [0.15, 0.2) is 0 Å². The Kier molecular flexibility index (Phi) is 61.5. The van der Waals surface area contributed by atoms with E-state index in [1.54, 1.807) is 0 Å². The lowest BCUT2D eigenvalue weighted by atomic mass is 9.88. The van der Waals surface area contributed by atoms with Crippen molar-refractivity contribution >= 4 is 88.5 Å². The Bertz CT molecular complexity index is 2550.